The molecule has 2 heterocycles. The van der Waals surface area contributed by atoms with Gasteiger partial charge in [0.2, 0.25) is 15.9 Å². The highest BCUT2D eigenvalue weighted by atomic mass is 35.5. The minimum absolute atomic E-state index is 0.0197. The molecule has 0 saturated heterocycles. The fourth-order valence-electron chi connectivity index (χ4n) is 1.58. The molecule has 2 aromatic rings. The van der Waals surface area contributed by atoms with Crippen molar-refractivity contribution < 1.29 is 12.8 Å². The van der Waals surface area contributed by atoms with E-state index in [2.05, 4.69) is 20.0 Å². The Bertz CT molecular complexity index is 730. The Morgan fingerprint density at radius 2 is 2.10 bits per heavy atom. The van der Waals surface area contributed by atoms with Gasteiger partial charge in [-0.05, 0) is 6.07 Å². The summed E-state index contributed by atoms with van der Waals surface area (Å²) in [6.45, 7) is 1.89. The average molecular weight is 331 g/mol. The number of hydrogen-bond acceptors (Lipinski definition) is 6. The summed E-state index contributed by atoms with van der Waals surface area (Å²) in [6, 6.07) is 1.33. The molecule has 2 N–H and O–H groups in total. The van der Waals surface area contributed by atoms with Crippen LogP contribution in [0.2, 0.25) is 5.02 Å². The predicted molar refractivity (Wildman–Crippen MR) is 78.7 cm³/mol. The zero-order valence-corrected chi connectivity index (χ0v) is 13.1. The summed E-state index contributed by atoms with van der Waals surface area (Å²) in [5.41, 5.74) is 0. The number of nitrogens with zero attached hydrogens (tertiary/aromatic N) is 2. The van der Waals surface area contributed by atoms with Gasteiger partial charge >= 0.3 is 0 Å². The van der Waals surface area contributed by atoms with E-state index in [-0.39, 0.29) is 16.5 Å². The summed E-state index contributed by atoms with van der Waals surface area (Å²) in [5, 5.41) is 2.98. The second-order valence-corrected chi connectivity index (χ2v) is 6.32. The molecule has 0 aliphatic carbocycles. The van der Waals surface area contributed by atoms with Crippen LogP contribution in [0.4, 0.5) is 5.82 Å². The number of rotatable bonds is 6. The monoisotopic (exact) mass is 330 g/mol. The molecule has 0 spiro atoms. The number of pyridine rings is 1. The number of halogens is 1. The van der Waals surface area contributed by atoms with Gasteiger partial charge in [-0.3, -0.25) is 0 Å². The van der Waals surface area contributed by atoms with E-state index in [1.54, 1.807) is 13.2 Å². The third-order valence-electron chi connectivity index (χ3n) is 2.73. The van der Waals surface area contributed by atoms with Crippen LogP contribution in [0, 0.1) is 0 Å². The predicted octanol–water partition coefficient (Wildman–Crippen LogP) is 1.81. The van der Waals surface area contributed by atoms with Crippen molar-refractivity contribution in [3.05, 3.63) is 35.1 Å². The fraction of sp³-hybridized carbons (Fsp3) is 0.333. The SMILES string of the molecule is CCc1cnc(CNS(=O)(=O)c2cnc(NC)c(Cl)c2)o1. The molecule has 0 aliphatic rings. The van der Waals surface area contributed by atoms with Crippen LogP contribution in [-0.4, -0.2) is 25.4 Å². The van der Waals surface area contributed by atoms with Gasteiger partial charge in [-0.15, -0.1) is 0 Å². The number of aromatic nitrogens is 2. The molecule has 0 saturated carbocycles. The zero-order valence-electron chi connectivity index (χ0n) is 11.6. The van der Waals surface area contributed by atoms with Crippen LogP contribution in [0.25, 0.3) is 0 Å². The van der Waals surface area contributed by atoms with E-state index >= 15 is 0 Å². The second-order valence-electron chi connectivity index (χ2n) is 4.15. The number of oxazole rings is 1. The van der Waals surface area contributed by atoms with Crippen LogP contribution in [0.3, 0.4) is 0 Å². The van der Waals surface area contributed by atoms with Gasteiger partial charge in [-0.1, -0.05) is 18.5 Å². The highest BCUT2D eigenvalue weighted by Crippen LogP contribution is 2.22. The van der Waals surface area contributed by atoms with Crippen molar-refractivity contribution in [1.29, 1.82) is 0 Å². The number of aryl methyl sites for hydroxylation is 1. The van der Waals surface area contributed by atoms with Gasteiger partial charge in [-0.25, -0.2) is 23.1 Å². The van der Waals surface area contributed by atoms with Crippen molar-refractivity contribution in [2.45, 2.75) is 24.8 Å². The molecule has 0 atom stereocenters. The third-order valence-corrected chi connectivity index (χ3v) is 4.38. The Morgan fingerprint density at radius 1 is 1.33 bits per heavy atom. The lowest BCUT2D eigenvalue weighted by atomic mass is 10.4. The molecule has 0 amide bonds. The van der Waals surface area contributed by atoms with Crippen LogP contribution >= 0.6 is 11.6 Å². The summed E-state index contributed by atoms with van der Waals surface area (Å²) < 4.78 is 32.0. The van der Waals surface area contributed by atoms with Crippen molar-refractivity contribution in [3.63, 3.8) is 0 Å². The molecule has 2 rings (SSSR count). The van der Waals surface area contributed by atoms with E-state index in [1.165, 1.54) is 12.3 Å². The topological polar surface area (TPSA) is 97.1 Å². The lowest BCUT2D eigenvalue weighted by Crippen LogP contribution is -2.23. The standard InChI is InChI=1S/C12H15ClN4O3S/c1-3-8-5-15-11(20-8)7-17-21(18,19)9-4-10(13)12(14-2)16-6-9/h4-6,17H,3,7H2,1-2H3,(H,14,16). The first kappa shape index (κ1) is 15.7. The number of nitrogens with one attached hydrogen (secondary N) is 2. The molecule has 0 aliphatic heterocycles. The minimum atomic E-state index is -3.73. The molecule has 0 aromatic carbocycles. The summed E-state index contributed by atoms with van der Waals surface area (Å²) in [7, 11) is -2.08. The summed E-state index contributed by atoms with van der Waals surface area (Å²) >= 11 is 5.93. The summed E-state index contributed by atoms with van der Waals surface area (Å²) in [5.74, 6) is 1.42. The maximum Gasteiger partial charge on any atom is 0.242 e. The molecule has 0 unspecified atom stereocenters. The van der Waals surface area contributed by atoms with Crippen LogP contribution < -0.4 is 10.0 Å². The first-order valence-corrected chi connectivity index (χ1v) is 8.09. The average Bonchev–Trinajstić information content (AvgIpc) is 2.93. The third kappa shape index (κ3) is 3.72. The molecule has 0 fully saturated rings. The Morgan fingerprint density at radius 3 is 2.67 bits per heavy atom. The van der Waals surface area contributed by atoms with E-state index in [0.29, 0.717) is 23.9 Å². The van der Waals surface area contributed by atoms with E-state index in [9.17, 15) is 8.42 Å². The van der Waals surface area contributed by atoms with Crippen LogP contribution in [0.15, 0.2) is 27.8 Å². The first-order valence-electron chi connectivity index (χ1n) is 6.22. The van der Waals surface area contributed by atoms with Crippen LogP contribution in [-0.2, 0) is 23.0 Å². The molecule has 21 heavy (non-hydrogen) atoms. The molecule has 0 radical (unpaired) electrons. The van der Waals surface area contributed by atoms with E-state index in [1.807, 2.05) is 6.92 Å². The molecular formula is C12H15ClN4O3S. The van der Waals surface area contributed by atoms with Crippen molar-refractivity contribution in [1.82, 2.24) is 14.7 Å². The minimum Gasteiger partial charge on any atom is -0.444 e. The molecule has 0 bridgehead atoms. The Hall–Kier alpha value is -1.64. The van der Waals surface area contributed by atoms with Gasteiger partial charge in [0.15, 0.2) is 0 Å². The highest BCUT2D eigenvalue weighted by Gasteiger charge is 2.17. The van der Waals surface area contributed by atoms with Crippen molar-refractivity contribution in [2.75, 3.05) is 12.4 Å². The van der Waals surface area contributed by atoms with Crippen molar-refractivity contribution in [3.8, 4) is 0 Å². The van der Waals surface area contributed by atoms with E-state index < -0.39 is 10.0 Å². The second kappa shape index (κ2) is 6.42. The smallest absolute Gasteiger partial charge is 0.242 e. The number of hydrogen-bond donors (Lipinski definition) is 2. The molecule has 2 aromatic heterocycles. The van der Waals surface area contributed by atoms with Gasteiger partial charge in [0.1, 0.15) is 16.5 Å². The lowest BCUT2D eigenvalue weighted by molar-refractivity contribution is 0.452. The Labute approximate surface area is 127 Å². The molecular weight excluding hydrogens is 316 g/mol. The number of sulfonamides is 1. The fourth-order valence-corrected chi connectivity index (χ4v) is 2.85. The quantitative estimate of drug-likeness (QED) is 0.838. The summed E-state index contributed by atoms with van der Waals surface area (Å²) in [6.07, 6.45) is 3.50. The van der Waals surface area contributed by atoms with Crippen LogP contribution in [0.5, 0.6) is 0 Å². The van der Waals surface area contributed by atoms with Gasteiger partial charge in [-0.2, -0.15) is 0 Å². The molecule has 7 nitrogen and oxygen atoms in total. The first-order chi connectivity index (χ1) is 9.96. The van der Waals surface area contributed by atoms with Crippen molar-refractivity contribution in [2.24, 2.45) is 0 Å². The maximum absolute atomic E-state index is 12.1. The van der Waals surface area contributed by atoms with Crippen molar-refractivity contribution >= 4 is 27.4 Å². The Kier molecular flexibility index (Phi) is 4.81. The largest absolute Gasteiger partial charge is 0.444 e. The van der Waals surface area contributed by atoms with E-state index in [4.69, 9.17) is 16.0 Å². The lowest BCUT2D eigenvalue weighted by Gasteiger charge is -2.07. The van der Waals surface area contributed by atoms with Gasteiger partial charge < -0.3 is 9.73 Å². The van der Waals surface area contributed by atoms with E-state index in [0.717, 1.165) is 0 Å². The van der Waals surface area contributed by atoms with Gasteiger partial charge in [0.05, 0.1) is 17.8 Å². The Balaban J connectivity index is 2.12. The maximum atomic E-state index is 12.1. The summed E-state index contributed by atoms with van der Waals surface area (Å²) in [4.78, 5) is 7.90. The molecule has 9 heteroatoms. The van der Waals surface area contributed by atoms with Gasteiger partial charge in [0.25, 0.3) is 0 Å². The molecule has 114 valence electrons. The number of anilines is 1. The highest BCUT2D eigenvalue weighted by molar-refractivity contribution is 7.89. The van der Waals surface area contributed by atoms with Gasteiger partial charge in [0, 0.05) is 19.7 Å². The van der Waals surface area contributed by atoms with Crippen LogP contribution in [0.1, 0.15) is 18.6 Å². The zero-order chi connectivity index (χ0) is 15.5. The normalized spacial score (nSPS) is 11.6.